The van der Waals surface area contributed by atoms with Gasteiger partial charge in [-0.1, -0.05) is 18.2 Å². The smallest absolute Gasteiger partial charge is 0.150 e. The first-order valence-electron chi connectivity index (χ1n) is 5.35. The van der Waals surface area contributed by atoms with E-state index in [1.165, 1.54) is 6.26 Å². The van der Waals surface area contributed by atoms with Crippen LogP contribution in [0.1, 0.15) is 25.3 Å². The van der Waals surface area contributed by atoms with Gasteiger partial charge >= 0.3 is 0 Å². The van der Waals surface area contributed by atoms with Crippen molar-refractivity contribution in [3.05, 3.63) is 29.8 Å². The average molecular weight is 240 g/mol. The summed E-state index contributed by atoms with van der Waals surface area (Å²) in [6.07, 6.45) is 2.93. The van der Waals surface area contributed by atoms with Crippen molar-refractivity contribution in [2.24, 2.45) is 0 Å². The minimum Gasteiger partial charge on any atom is -0.508 e. The van der Waals surface area contributed by atoms with Crippen LogP contribution >= 0.6 is 0 Å². The van der Waals surface area contributed by atoms with Crippen LogP contribution in [0.25, 0.3) is 0 Å². The fourth-order valence-corrected chi connectivity index (χ4v) is 3.52. The third-order valence-electron chi connectivity index (χ3n) is 3.65. The Balaban J connectivity index is 2.45. The topological polar surface area (TPSA) is 54.4 Å². The first-order chi connectivity index (χ1) is 7.38. The maximum atomic E-state index is 11.6. The second-order valence-electron chi connectivity index (χ2n) is 4.65. The van der Waals surface area contributed by atoms with E-state index in [2.05, 4.69) is 0 Å². The van der Waals surface area contributed by atoms with E-state index in [-0.39, 0.29) is 11.2 Å². The molecule has 88 valence electrons. The van der Waals surface area contributed by atoms with Crippen LogP contribution in [0.5, 0.6) is 5.75 Å². The number of hydrogen-bond donors (Lipinski definition) is 1. The highest BCUT2D eigenvalue weighted by Crippen LogP contribution is 2.55. The number of benzene rings is 1. The molecule has 1 saturated carbocycles. The fraction of sp³-hybridized carbons (Fsp3) is 0.500. The molecule has 1 aromatic rings. The molecular formula is C12H16O3S. The van der Waals surface area contributed by atoms with Gasteiger partial charge in [-0.15, -0.1) is 0 Å². The van der Waals surface area contributed by atoms with Crippen molar-refractivity contribution in [1.82, 2.24) is 0 Å². The normalized spacial score (nSPS) is 20.4. The van der Waals surface area contributed by atoms with E-state index in [1.54, 1.807) is 19.1 Å². The molecule has 1 aromatic carbocycles. The largest absolute Gasteiger partial charge is 0.508 e. The zero-order valence-electron chi connectivity index (χ0n) is 9.47. The van der Waals surface area contributed by atoms with Crippen LogP contribution in [-0.2, 0) is 15.3 Å². The van der Waals surface area contributed by atoms with Crippen LogP contribution < -0.4 is 0 Å². The predicted octanol–water partition coefficient (Wildman–Crippen LogP) is 1.86. The van der Waals surface area contributed by atoms with Crippen molar-refractivity contribution >= 4 is 9.84 Å². The number of aromatic hydroxyl groups is 1. The summed E-state index contributed by atoms with van der Waals surface area (Å²) < 4.78 is 23.2. The molecule has 0 amide bonds. The number of sulfone groups is 1. The highest BCUT2D eigenvalue weighted by molar-refractivity contribution is 7.91. The second-order valence-corrected chi connectivity index (χ2v) is 7.01. The van der Waals surface area contributed by atoms with Gasteiger partial charge in [0.2, 0.25) is 0 Å². The fourth-order valence-electron chi connectivity index (χ4n) is 2.33. The average Bonchev–Trinajstić information content (AvgIpc) is 2.97. The second kappa shape index (κ2) is 3.48. The van der Waals surface area contributed by atoms with Crippen LogP contribution in [0.4, 0.5) is 0 Å². The lowest BCUT2D eigenvalue weighted by Gasteiger charge is -2.23. The van der Waals surface area contributed by atoms with Gasteiger partial charge in [-0.25, -0.2) is 8.42 Å². The molecule has 0 heterocycles. The third-order valence-corrected chi connectivity index (χ3v) is 5.39. The van der Waals surface area contributed by atoms with Gasteiger partial charge in [-0.3, -0.25) is 0 Å². The molecule has 0 aromatic heterocycles. The van der Waals surface area contributed by atoms with E-state index in [9.17, 15) is 13.5 Å². The van der Waals surface area contributed by atoms with Gasteiger partial charge in [0.1, 0.15) is 5.75 Å². The Labute approximate surface area is 96.0 Å². The zero-order valence-corrected chi connectivity index (χ0v) is 10.3. The Morgan fingerprint density at radius 1 is 1.31 bits per heavy atom. The van der Waals surface area contributed by atoms with Crippen molar-refractivity contribution in [3.63, 3.8) is 0 Å². The van der Waals surface area contributed by atoms with Crippen LogP contribution in [-0.4, -0.2) is 25.0 Å². The summed E-state index contributed by atoms with van der Waals surface area (Å²) in [6.45, 7) is 1.73. The first kappa shape index (κ1) is 11.5. The number of rotatable bonds is 3. The molecule has 1 aliphatic rings. The maximum absolute atomic E-state index is 11.6. The van der Waals surface area contributed by atoms with Crippen molar-refractivity contribution in [3.8, 4) is 5.75 Å². The van der Waals surface area contributed by atoms with Crippen LogP contribution in [0.15, 0.2) is 24.3 Å². The maximum Gasteiger partial charge on any atom is 0.150 e. The number of para-hydroxylation sites is 1. The summed E-state index contributed by atoms with van der Waals surface area (Å²) >= 11 is 0. The Hall–Kier alpha value is -1.03. The molecule has 1 N–H and O–H groups in total. The van der Waals surface area contributed by atoms with Gasteiger partial charge < -0.3 is 5.11 Å². The standard InChI is InChI=1S/C12H16O3S/c1-9(16(2,14)15)12(7-8-12)10-5-3-4-6-11(10)13/h3-6,9,13H,7-8H2,1-2H3. The van der Waals surface area contributed by atoms with Crippen LogP contribution in [0.2, 0.25) is 0 Å². The van der Waals surface area contributed by atoms with Crippen molar-refractivity contribution < 1.29 is 13.5 Å². The lowest BCUT2D eigenvalue weighted by molar-refractivity contribution is 0.455. The summed E-state index contributed by atoms with van der Waals surface area (Å²) in [4.78, 5) is 0. The highest BCUT2D eigenvalue weighted by Gasteiger charge is 2.53. The molecule has 1 unspecified atom stereocenters. The molecule has 1 aliphatic carbocycles. The quantitative estimate of drug-likeness (QED) is 0.877. The molecule has 3 nitrogen and oxygen atoms in total. The monoisotopic (exact) mass is 240 g/mol. The number of hydrogen-bond acceptors (Lipinski definition) is 3. The van der Waals surface area contributed by atoms with Gasteiger partial charge in [0.25, 0.3) is 0 Å². The lowest BCUT2D eigenvalue weighted by Crippen LogP contribution is -2.30. The molecule has 0 bridgehead atoms. The molecule has 0 radical (unpaired) electrons. The minimum atomic E-state index is -3.07. The van der Waals surface area contributed by atoms with Crippen molar-refractivity contribution in [2.75, 3.05) is 6.26 Å². The van der Waals surface area contributed by atoms with Gasteiger partial charge in [-0.05, 0) is 25.8 Å². The Kier molecular flexibility index (Phi) is 2.49. The van der Waals surface area contributed by atoms with Gasteiger partial charge in [0.05, 0.1) is 5.25 Å². The molecule has 4 heteroatoms. The predicted molar refractivity (Wildman–Crippen MR) is 63.3 cm³/mol. The van der Waals surface area contributed by atoms with Crippen molar-refractivity contribution in [1.29, 1.82) is 0 Å². The van der Waals surface area contributed by atoms with E-state index in [1.807, 2.05) is 12.1 Å². The molecule has 16 heavy (non-hydrogen) atoms. The van der Waals surface area contributed by atoms with E-state index in [0.29, 0.717) is 0 Å². The molecule has 0 saturated heterocycles. The zero-order chi connectivity index (χ0) is 12.0. The summed E-state index contributed by atoms with van der Waals surface area (Å²) in [5.41, 5.74) is 0.409. The van der Waals surface area contributed by atoms with Crippen LogP contribution in [0, 0.1) is 0 Å². The van der Waals surface area contributed by atoms with Gasteiger partial charge in [-0.2, -0.15) is 0 Å². The SMILES string of the molecule is CC(C1(c2ccccc2O)CC1)S(C)(=O)=O. The minimum absolute atomic E-state index is 0.204. The van der Waals surface area contributed by atoms with Gasteiger partial charge in [0, 0.05) is 17.2 Å². The van der Waals surface area contributed by atoms with E-state index < -0.39 is 15.1 Å². The molecule has 2 rings (SSSR count). The summed E-state index contributed by atoms with van der Waals surface area (Å²) in [5, 5.41) is 9.37. The van der Waals surface area contributed by atoms with E-state index in [0.717, 1.165) is 18.4 Å². The summed E-state index contributed by atoms with van der Waals surface area (Å²) in [5.74, 6) is 0.204. The summed E-state index contributed by atoms with van der Waals surface area (Å²) in [6, 6.07) is 7.03. The lowest BCUT2D eigenvalue weighted by atomic mass is 9.92. The first-order valence-corrected chi connectivity index (χ1v) is 7.31. The van der Waals surface area contributed by atoms with E-state index in [4.69, 9.17) is 0 Å². The summed E-state index contributed by atoms with van der Waals surface area (Å²) in [7, 11) is -3.07. The van der Waals surface area contributed by atoms with Crippen LogP contribution in [0.3, 0.4) is 0 Å². The van der Waals surface area contributed by atoms with E-state index >= 15 is 0 Å². The molecular weight excluding hydrogens is 224 g/mol. The highest BCUT2D eigenvalue weighted by atomic mass is 32.2. The molecule has 1 fully saturated rings. The molecule has 1 atom stereocenters. The van der Waals surface area contributed by atoms with Crippen molar-refractivity contribution in [2.45, 2.75) is 30.4 Å². The Bertz CT molecular complexity index is 501. The Morgan fingerprint density at radius 3 is 2.31 bits per heavy atom. The number of phenols is 1. The third kappa shape index (κ3) is 1.71. The number of phenolic OH excluding ortho intramolecular Hbond substituents is 1. The molecule has 0 aliphatic heterocycles. The van der Waals surface area contributed by atoms with Gasteiger partial charge in [0.15, 0.2) is 9.84 Å². The molecule has 0 spiro atoms. The Morgan fingerprint density at radius 2 is 1.88 bits per heavy atom.